The predicted octanol–water partition coefficient (Wildman–Crippen LogP) is 5.87. The van der Waals surface area contributed by atoms with Crippen molar-refractivity contribution in [2.45, 2.75) is 10.8 Å². The Labute approximate surface area is 385 Å². The van der Waals surface area contributed by atoms with Crippen LogP contribution in [0.2, 0.25) is 0 Å². The summed E-state index contributed by atoms with van der Waals surface area (Å²) in [6.45, 7) is 0. The van der Waals surface area contributed by atoms with Crippen LogP contribution in [0.4, 0.5) is 11.4 Å². The Hall–Kier alpha value is -6.92. The second-order valence-corrected chi connectivity index (χ2v) is 14.6. The van der Waals surface area contributed by atoms with E-state index in [-0.39, 0.29) is 42.1 Å². The number of aromatic nitrogens is 8. The van der Waals surface area contributed by atoms with Gasteiger partial charge in [0.25, 0.3) is 12.4 Å². The minimum atomic E-state index is -0.783. The number of benzene rings is 2. The van der Waals surface area contributed by atoms with E-state index in [4.69, 9.17) is 19.9 Å². The maximum absolute atomic E-state index is 4.82. The van der Waals surface area contributed by atoms with Gasteiger partial charge in [0, 0.05) is 58.4 Å². The van der Waals surface area contributed by atoms with Gasteiger partial charge in [0.15, 0.2) is 14.1 Å². The number of nitrogens with zero attached hydrogens (tertiary/aromatic N) is 12. The molecule has 0 unspecified atom stereocenters. The van der Waals surface area contributed by atoms with Crippen molar-refractivity contribution in [1.82, 2.24) is 40.3 Å². The van der Waals surface area contributed by atoms with E-state index >= 15 is 0 Å². The van der Waals surface area contributed by atoms with Crippen LogP contribution in [0.15, 0.2) is 159 Å². The fourth-order valence-electron chi connectivity index (χ4n) is 8.75. The molecule has 0 bridgehead atoms. The number of fused-ring (bicyclic) bond motifs is 6. The molecule has 2 aliphatic heterocycles. The normalized spacial score (nSPS) is 15.0. The molecule has 0 spiro atoms. The monoisotopic (exact) mass is 1170 g/mol. The van der Waals surface area contributed by atoms with Crippen molar-refractivity contribution in [3.8, 4) is 22.3 Å². The van der Waals surface area contributed by atoms with Crippen molar-refractivity contribution < 1.29 is 60.4 Å². The molecule has 12 nitrogen and oxygen atoms in total. The molecule has 8 aromatic rings. The SMILES string of the molecule is C[N+]1=C=[N+](c2[c-]c(C3(c4cc[n-]n4)c4ncccc4-c4cccnc43)ccc2)C=C1.C[N+]1=C=[N+](c2[c-]c(C3(c4cc[n-]n4)c4ncccc4-c4cccnc43)ccc2)C=C1.[Pt+2].[Pt+2]. The third-order valence-corrected chi connectivity index (χ3v) is 11.2. The first-order valence-electron chi connectivity index (χ1n) is 19.3. The molecular weight excluding hydrogens is 1130 g/mol. The summed E-state index contributed by atoms with van der Waals surface area (Å²) >= 11 is 0. The van der Waals surface area contributed by atoms with E-state index in [0.717, 1.165) is 78.9 Å². The zero-order valence-corrected chi connectivity index (χ0v) is 37.6. The van der Waals surface area contributed by atoms with E-state index < -0.39 is 10.8 Å². The first kappa shape index (κ1) is 40.5. The summed E-state index contributed by atoms with van der Waals surface area (Å²) in [5, 5.41) is 17.2. The molecule has 2 aromatic carbocycles. The molecular formula is C48H32N12Pt2+4. The number of hydrogen-bond donors (Lipinski definition) is 0. The Kier molecular flexibility index (Phi) is 10.6. The van der Waals surface area contributed by atoms with Crippen molar-refractivity contribution in [1.29, 1.82) is 0 Å². The Morgan fingerprint density at radius 2 is 0.839 bits per heavy atom. The van der Waals surface area contributed by atoms with Gasteiger partial charge in [-0.1, -0.05) is 66.8 Å². The van der Waals surface area contributed by atoms with Gasteiger partial charge in [-0.05, 0) is 24.3 Å². The molecule has 12 rings (SSSR count). The third-order valence-electron chi connectivity index (χ3n) is 11.2. The van der Waals surface area contributed by atoms with E-state index in [9.17, 15) is 0 Å². The van der Waals surface area contributed by atoms with Crippen LogP contribution in [-0.2, 0) is 53.0 Å². The summed E-state index contributed by atoms with van der Waals surface area (Å²) < 4.78 is 7.59. The average Bonchev–Trinajstić information content (AvgIpc) is 4.17. The number of rotatable bonds is 6. The molecule has 0 saturated carbocycles. The number of pyridine rings is 4. The molecule has 0 amide bonds. The second kappa shape index (κ2) is 16.2. The zero-order valence-electron chi connectivity index (χ0n) is 33.0. The van der Waals surface area contributed by atoms with Gasteiger partial charge in [-0.25, -0.2) is 0 Å². The van der Waals surface area contributed by atoms with Gasteiger partial charge in [-0.15, -0.1) is 23.3 Å². The van der Waals surface area contributed by atoms with Crippen LogP contribution in [0.1, 0.15) is 45.3 Å². The zero-order chi connectivity index (χ0) is 40.3. The van der Waals surface area contributed by atoms with Crippen molar-refractivity contribution in [2.75, 3.05) is 14.1 Å². The fourth-order valence-corrected chi connectivity index (χ4v) is 8.75. The van der Waals surface area contributed by atoms with Crippen LogP contribution in [0.25, 0.3) is 22.3 Å². The topological polar surface area (TPSA) is 118 Å². The van der Waals surface area contributed by atoms with E-state index in [0.29, 0.717) is 0 Å². The molecule has 4 aliphatic rings. The van der Waals surface area contributed by atoms with Gasteiger partial charge in [0.2, 0.25) is 12.4 Å². The van der Waals surface area contributed by atoms with Gasteiger partial charge >= 0.3 is 54.1 Å². The summed E-state index contributed by atoms with van der Waals surface area (Å²) in [6, 6.07) is 45.9. The summed E-state index contributed by atoms with van der Waals surface area (Å²) in [6.07, 6.45) is 18.5. The van der Waals surface area contributed by atoms with E-state index in [1.54, 1.807) is 12.4 Å². The largest absolute Gasteiger partial charge is 2.00 e. The Morgan fingerprint density at radius 1 is 0.468 bits per heavy atom. The minimum absolute atomic E-state index is 0. The van der Waals surface area contributed by atoms with E-state index in [1.165, 1.54) is 0 Å². The maximum atomic E-state index is 4.82. The standard InChI is InChI=1S/2C24H16N6.2Pt/c2*1-29-13-14-30(16-29)18-6-2-5-17(15-18)24(21-9-12-27-28-21)22-19(7-3-10-25-22)20-8-4-11-26-23(20)24;;/h2*2-14H,1H3;;/q;;2*+2. The van der Waals surface area contributed by atoms with E-state index in [1.807, 2.05) is 143 Å². The molecule has 14 heteroatoms. The molecule has 8 heterocycles. The average molecular weight is 1170 g/mol. The van der Waals surface area contributed by atoms with E-state index in [2.05, 4.69) is 80.9 Å². The second-order valence-electron chi connectivity index (χ2n) is 14.6. The minimum Gasteiger partial charge on any atom is -0.581 e. The summed E-state index contributed by atoms with van der Waals surface area (Å²) in [4.78, 5) is 19.3. The molecule has 0 saturated heterocycles. The summed E-state index contributed by atoms with van der Waals surface area (Å²) in [5.74, 6) is 0. The van der Waals surface area contributed by atoms with Gasteiger partial charge < -0.3 is 20.4 Å². The van der Waals surface area contributed by atoms with Crippen LogP contribution in [-0.4, -0.2) is 74.5 Å². The summed E-state index contributed by atoms with van der Waals surface area (Å²) in [7, 11) is 3.89. The molecule has 0 atom stereocenters. The van der Waals surface area contributed by atoms with Gasteiger partial charge in [-0.3, -0.25) is 19.9 Å². The first-order chi connectivity index (χ1) is 29.6. The molecule has 0 N–H and O–H groups in total. The molecule has 0 fully saturated rings. The van der Waals surface area contributed by atoms with Crippen LogP contribution in [0.5, 0.6) is 0 Å². The summed E-state index contributed by atoms with van der Waals surface area (Å²) in [5.41, 5.74) is 11.4. The first-order valence-corrected chi connectivity index (χ1v) is 19.3. The van der Waals surface area contributed by atoms with Crippen molar-refractivity contribution in [2.24, 2.45) is 0 Å². The van der Waals surface area contributed by atoms with Crippen LogP contribution < -0.4 is 10.2 Å². The quantitative estimate of drug-likeness (QED) is 0.150. The Bertz CT molecular complexity index is 2920. The Morgan fingerprint density at radius 3 is 1.15 bits per heavy atom. The molecule has 62 heavy (non-hydrogen) atoms. The number of hydrogen-bond acceptors (Lipinski definition) is 6. The molecule has 6 aromatic heterocycles. The third kappa shape index (κ3) is 6.14. The van der Waals surface area contributed by atoms with Crippen molar-refractivity contribution in [3.63, 3.8) is 0 Å². The van der Waals surface area contributed by atoms with Crippen LogP contribution in [0, 0.1) is 12.1 Å². The Balaban J connectivity index is 0.000000153. The smallest absolute Gasteiger partial charge is 0.581 e. The maximum Gasteiger partial charge on any atom is 2.00 e. The fraction of sp³-hybridized carbons (Fsp3) is 0.0833. The van der Waals surface area contributed by atoms with Crippen molar-refractivity contribution in [3.05, 3.63) is 216 Å². The molecule has 300 valence electrons. The van der Waals surface area contributed by atoms with Crippen LogP contribution in [0.3, 0.4) is 0 Å². The molecule has 2 aliphatic carbocycles. The van der Waals surface area contributed by atoms with Crippen LogP contribution >= 0.6 is 0 Å². The van der Waals surface area contributed by atoms with Gasteiger partial charge in [-0.2, -0.15) is 36.7 Å². The van der Waals surface area contributed by atoms with Crippen molar-refractivity contribution >= 4 is 23.4 Å². The van der Waals surface area contributed by atoms with Gasteiger partial charge in [0.1, 0.15) is 11.4 Å². The van der Waals surface area contributed by atoms with Gasteiger partial charge in [0.05, 0.1) is 33.6 Å². The predicted molar refractivity (Wildman–Crippen MR) is 219 cm³/mol. The molecule has 0 radical (unpaired) electrons.